The Morgan fingerprint density at radius 2 is 2.25 bits per heavy atom. The Balaban J connectivity index is 2.96. The predicted molar refractivity (Wildman–Crippen MR) is 69.2 cm³/mol. The van der Waals surface area contributed by atoms with E-state index < -0.39 is 0 Å². The van der Waals surface area contributed by atoms with Crippen LogP contribution in [0.25, 0.3) is 0 Å². The molecule has 0 aromatic heterocycles. The van der Waals surface area contributed by atoms with Crippen LogP contribution in [0.5, 0.6) is 0 Å². The van der Waals surface area contributed by atoms with Crippen molar-refractivity contribution < 1.29 is 4.74 Å². The van der Waals surface area contributed by atoms with Crippen LogP contribution in [0.4, 0.5) is 0 Å². The molecule has 90 valence electrons. The van der Waals surface area contributed by atoms with Crippen molar-refractivity contribution in [1.29, 1.82) is 0 Å². The maximum Gasteiger partial charge on any atom is 0.0886 e. The molecule has 1 N–H and O–H groups in total. The van der Waals surface area contributed by atoms with E-state index >= 15 is 0 Å². The van der Waals surface area contributed by atoms with Crippen molar-refractivity contribution in [3.63, 3.8) is 0 Å². The van der Waals surface area contributed by atoms with E-state index in [-0.39, 0.29) is 6.10 Å². The van der Waals surface area contributed by atoms with Crippen molar-refractivity contribution in [1.82, 2.24) is 5.32 Å². The molecule has 2 nitrogen and oxygen atoms in total. The average Bonchev–Trinajstić information content (AvgIpc) is 2.27. The third-order valence-corrected chi connectivity index (χ3v) is 2.80. The van der Waals surface area contributed by atoms with E-state index in [4.69, 9.17) is 4.74 Å². The van der Waals surface area contributed by atoms with Crippen molar-refractivity contribution in [3.8, 4) is 0 Å². The van der Waals surface area contributed by atoms with E-state index in [0.29, 0.717) is 5.92 Å². The van der Waals surface area contributed by atoms with Gasteiger partial charge in [0.25, 0.3) is 0 Å². The van der Waals surface area contributed by atoms with Crippen LogP contribution in [0, 0.1) is 5.92 Å². The summed E-state index contributed by atoms with van der Waals surface area (Å²) < 4.78 is 5.84. The lowest BCUT2D eigenvalue weighted by molar-refractivity contribution is 0.0459. The second kappa shape index (κ2) is 6.54. The van der Waals surface area contributed by atoms with Crippen LogP contribution in [0.2, 0.25) is 0 Å². The standard InChI is InChI=1S/C14H23NO/c1-5-8-12-13(9-6-2)15-10-11(4)14(12)16-7-3/h5,8-9,11,14-15H,1,6-7,10H2,2-4H3/b12-8+,13-9+. The fourth-order valence-electron chi connectivity index (χ4n) is 2.08. The van der Waals surface area contributed by atoms with E-state index in [9.17, 15) is 0 Å². The summed E-state index contributed by atoms with van der Waals surface area (Å²) in [5, 5.41) is 3.46. The second-order valence-electron chi connectivity index (χ2n) is 4.12. The molecule has 2 atom stereocenters. The van der Waals surface area contributed by atoms with E-state index in [2.05, 4.69) is 37.9 Å². The highest BCUT2D eigenvalue weighted by atomic mass is 16.5. The molecule has 0 radical (unpaired) electrons. The van der Waals surface area contributed by atoms with Crippen molar-refractivity contribution in [2.45, 2.75) is 33.3 Å². The normalized spacial score (nSPS) is 30.4. The molecule has 0 amide bonds. The molecule has 0 aromatic rings. The summed E-state index contributed by atoms with van der Waals surface area (Å²) in [6.45, 7) is 11.9. The Hall–Kier alpha value is -1.02. The van der Waals surface area contributed by atoms with Gasteiger partial charge < -0.3 is 10.1 Å². The van der Waals surface area contributed by atoms with Gasteiger partial charge in [-0.05, 0) is 13.3 Å². The molecule has 0 aromatic carbocycles. The minimum absolute atomic E-state index is 0.196. The molecule has 2 heteroatoms. The van der Waals surface area contributed by atoms with Gasteiger partial charge in [0.15, 0.2) is 0 Å². The molecule has 0 spiro atoms. The summed E-state index contributed by atoms with van der Waals surface area (Å²) in [7, 11) is 0. The molecule has 2 unspecified atom stereocenters. The molecular weight excluding hydrogens is 198 g/mol. The van der Waals surface area contributed by atoms with E-state index in [1.54, 1.807) is 0 Å². The lowest BCUT2D eigenvalue weighted by atomic mass is 9.90. The van der Waals surface area contributed by atoms with Crippen molar-refractivity contribution in [2.24, 2.45) is 5.92 Å². The molecule has 0 aliphatic carbocycles. The van der Waals surface area contributed by atoms with Gasteiger partial charge in [-0.1, -0.05) is 38.7 Å². The Morgan fingerprint density at radius 1 is 1.50 bits per heavy atom. The van der Waals surface area contributed by atoms with Crippen LogP contribution in [0.15, 0.2) is 36.1 Å². The van der Waals surface area contributed by atoms with Gasteiger partial charge in [-0.15, -0.1) is 0 Å². The summed E-state index contributed by atoms with van der Waals surface area (Å²) in [6.07, 6.45) is 7.34. The highest BCUT2D eigenvalue weighted by Gasteiger charge is 2.28. The number of nitrogens with one attached hydrogen (secondary N) is 1. The maximum absolute atomic E-state index is 5.84. The molecular formula is C14H23NO. The quantitative estimate of drug-likeness (QED) is 0.788. The van der Waals surface area contributed by atoms with E-state index in [0.717, 1.165) is 19.6 Å². The topological polar surface area (TPSA) is 21.3 Å². The van der Waals surface area contributed by atoms with E-state index in [1.807, 2.05) is 13.0 Å². The minimum atomic E-state index is 0.196. The van der Waals surface area contributed by atoms with Crippen molar-refractivity contribution in [3.05, 3.63) is 36.1 Å². The van der Waals surface area contributed by atoms with Crippen LogP contribution < -0.4 is 5.32 Å². The van der Waals surface area contributed by atoms with Gasteiger partial charge in [-0.2, -0.15) is 0 Å². The minimum Gasteiger partial charge on any atom is -0.385 e. The molecule has 1 heterocycles. The van der Waals surface area contributed by atoms with Gasteiger partial charge in [0, 0.05) is 30.3 Å². The highest BCUT2D eigenvalue weighted by molar-refractivity contribution is 5.38. The number of ether oxygens (including phenoxy) is 1. The van der Waals surface area contributed by atoms with Crippen LogP contribution in [0.3, 0.4) is 0 Å². The zero-order valence-corrected chi connectivity index (χ0v) is 10.6. The lowest BCUT2D eigenvalue weighted by Crippen LogP contribution is -2.40. The van der Waals surface area contributed by atoms with E-state index in [1.165, 1.54) is 11.3 Å². The molecule has 1 aliphatic rings. The highest BCUT2D eigenvalue weighted by Crippen LogP contribution is 2.26. The largest absolute Gasteiger partial charge is 0.385 e. The Bertz CT molecular complexity index is 291. The third-order valence-electron chi connectivity index (χ3n) is 2.80. The zero-order chi connectivity index (χ0) is 12.0. The van der Waals surface area contributed by atoms with Crippen LogP contribution in [0.1, 0.15) is 27.2 Å². The molecule has 1 aliphatic heterocycles. The smallest absolute Gasteiger partial charge is 0.0886 e. The SMILES string of the molecule is C=C/C=C1\C(=C/CC)NCC(C)C1OCC. The van der Waals surface area contributed by atoms with Gasteiger partial charge in [-0.3, -0.25) is 0 Å². The molecule has 0 saturated carbocycles. The van der Waals surface area contributed by atoms with Crippen molar-refractivity contribution in [2.75, 3.05) is 13.2 Å². The molecule has 1 rings (SSSR count). The van der Waals surface area contributed by atoms with Crippen molar-refractivity contribution >= 4 is 0 Å². The number of piperidine rings is 1. The monoisotopic (exact) mass is 221 g/mol. The first kappa shape index (κ1) is 13.0. The zero-order valence-electron chi connectivity index (χ0n) is 10.6. The lowest BCUT2D eigenvalue weighted by Gasteiger charge is -2.34. The van der Waals surface area contributed by atoms with Gasteiger partial charge in [0.1, 0.15) is 0 Å². The van der Waals surface area contributed by atoms with Crippen LogP contribution >= 0.6 is 0 Å². The van der Waals surface area contributed by atoms with Crippen LogP contribution in [-0.4, -0.2) is 19.3 Å². The maximum atomic E-state index is 5.84. The molecule has 1 saturated heterocycles. The summed E-state index contributed by atoms with van der Waals surface area (Å²) in [4.78, 5) is 0. The van der Waals surface area contributed by atoms with Crippen LogP contribution in [-0.2, 0) is 4.74 Å². The number of hydrogen-bond acceptors (Lipinski definition) is 2. The molecule has 16 heavy (non-hydrogen) atoms. The summed E-state index contributed by atoms with van der Waals surface area (Å²) in [5.74, 6) is 0.500. The third kappa shape index (κ3) is 2.99. The Labute approximate surface area is 99.1 Å². The Morgan fingerprint density at radius 3 is 2.81 bits per heavy atom. The Kier molecular flexibility index (Phi) is 5.33. The average molecular weight is 221 g/mol. The summed E-state index contributed by atoms with van der Waals surface area (Å²) in [6, 6.07) is 0. The first-order valence-corrected chi connectivity index (χ1v) is 6.13. The van der Waals surface area contributed by atoms with Gasteiger partial charge in [-0.25, -0.2) is 0 Å². The molecule has 0 bridgehead atoms. The fraction of sp³-hybridized carbons (Fsp3) is 0.571. The first-order valence-electron chi connectivity index (χ1n) is 6.13. The summed E-state index contributed by atoms with van der Waals surface area (Å²) >= 11 is 0. The van der Waals surface area contributed by atoms with Gasteiger partial charge in [0.2, 0.25) is 0 Å². The van der Waals surface area contributed by atoms with Gasteiger partial charge >= 0.3 is 0 Å². The second-order valence-corrected chi connectivity index (χ2v) is 4.12. The summed E-state index contributed by atoms with van der Waals surface area (Å²) in [5.41, 5.74) is 2.44. The first-order chi connectivity index (χ1) is 7.74. The molecule has 1 fully saturated rings. The fourth-order valence-corrected chi connectivity index (χ4v) is 2.08. The number of allylic oxidation sites excluding steroid dienone is 3. The predicted octanol–water partition coefficient (Wildman–Crippen LogP) is 3.04. The number of hydrogen-bond donors (Lipinski definition) is 1. The number of rotatable bonds is 4. The van der Waals surface area contributed by atoms with Gasteiger partial charge in [0.05, 0.1) is 6.10 Å².